The molecule has 1 aliphatic rings. The maximum Gasteiger partial charge on any atom is 0.417 e. The first-order chi connectivity index (χ1) is 10.1. The van der Waals surface area contributed by atoms with Crippen molar-refractivity contribution in [1.29, 1.82) is 0 Å². The fourth-order valence-electron chi connectivity index (χ4n) is 1.88. The van der Waals surface area contributed by atoms with Gasteiger partial charge < -0.3 is 11.1 Å². The highest BCUT2D eigenvalue weighted by Crippen LogP contribution is 2.35. The van der Waals surface area contributed by atoms with Gasteiger partial charge in [0, 0.05) is 12.3 Å². The number of hydrogen-bond acceptors (Lipinski definition) is 3. The topological polar surface area (TPSA) is 84.5 Å². The van der Waals surface area contributed by atoms with Crippen molar-refractivity contribution in [2.45, 2.75) is 36.5 Å². The molecule has 0 saturated heterocycles. The lowest BCUT2D eigenvalue weighted by atomic mass is 10.1. The van der Waals surface area contributed by atoms with Gasteiger partial charge in [-0.2, -0.15) is 13.2 Å². The van der Waals surface area contributed by atoms with Crippen LogP contribution in [-0.2, 0) is 22.6 Å². The molecule has 3 N–H and O–H groups in total. The van der Waals surface area contributed by atoms with E-state index in [1.54, 1.807) is 0 Å². The lowest BCUT2D eigenvalue weighted by Gasteiger charge is -2.13. The summed E-state index contributed by atoms with van der Waals surface area (Å²) in [6.07, 6.45) is -2.02. The van der Waals surface area contributed by atoms with Crippen LogP contribution < -0.4 is 11.1 Å². The first-order valence-electron chi connectivity index (χ1n) is 6.54. The molecule has 0 aromatic heterocycles. The Morgan fingerprint density at radius 3 is 2.55 bits per heavy atom. The molecular weight excluding hydrogens is 319 g/mol. The van der Waals surface area contributed by atoms with Crippen molar-refractivity contribution in [2.24, 2.45) is 10.7 Å². The van der Waals surface area contributed by atoms with Gasteiger partial charge in [-0.25, -0.2) is 13.4 Å². The summed E-state index contributed by atoms with van der Waals surface area (Å²) in [5, 5.41) is 2.91. The van der Waals surface area contributed by atoms with Crippen LogP contribution in [0.5, 0.6) is 0 Å². The Hall–Kier alpha value is -1.77. The second-order valence-electron chi connectivity index (χ2n) is 5.22. The van der Waals surface area contributed by atoms with Crippen LogP contribution >= 0.6 is 0 Å². The number of rotatable bonds is 4. The van der Waals surface area contributed by atoms with Crippen molar-refractivity contribution in [1.82, 2.24) is 5.32 Å². The number of benzene rings is 1. The van der Waals surface area contributed by atoms with Crippen molar-refractivity contribution < 1.29 is 21.6 Å². The second kappa shape index (κ2) is 5.79. The fourth-order valence-corrected chi connectivity index (χ4v) is 2.77. The Bertz CT molecular complexity index is 695. The summed E-state index contributed by atoms with van der Waals surface area (Å²) < 4.78 is 61.9. The quantitative estimate of drug-likeness (QED) is 0.648. The zero-order valence-corrected chi connectivity index (χ0v) is 12.6. The average molecular weight is 335 g/mol. The minimum atomic E-state index is -4.75. The maximum absolute atomic E-state index is 13.0. The SMILES string of the molecule is CS(=O)(=O)c1ccc(CN=C(N)NC2CC2)cc1C(F)(F)F. The molecule has 0 aliphatic heterocycles. The van der Waals surface area contributed by atoms with Crippen molar-refractivity contribution in [3.63, 3.8) is 0 Å². The molecule has 1 fully saturated rings. The van der Waals surface area contributed by atoms with E-state index in [1.807, 2.05) is 0 Å². The summed E-state index contributed by atoms with van der Waals surface area (Å²) in [6.45, 7) is -0.0569. The van der Waals surface area contributed by atoms with Gasteiger partial charge in [-0.15, -0.1) is 0 Å². The molecule has 0 atom stereocenters. The Morgan fingerprint density at radius 1 is 1.41 bits per heavy atom. The van der Waals surface area contributed by atoms with E-state index in [-0.39, 0.29) is 18.1 Å². The van der Waals surface area contributed by atoms with Crippen molar-refractivity contribution in [2.75, 3.05) is 6.26 Å². The van der Waals surface area contributed by atoms with E-state index in [0.717, 1.165) is 31.2 Å². The largest absolute Gasteiger partial charge is 0.417 e. The number of aliphatic imine (C=N–C) groups is 1. The van der Waals surface area contributed by atoms with Gasteiger partial charge in [0.1, 0.15) is 0 Å². The van der Waals surface area contributed by atoms with Gasteiger partial charge in [-0.3, -0.25) is 0 Å². The third-order valence-electron chi connectivity index (χ3n) is 3.11. The van der Waals surface area contributed by atoms with Crippen LogP contribution in [0.1, 0.15) is 24.0 Å². The van der Waals surface area contributed by atoms with Crippen LogP contribution in [0, 0.1) is 0 Å². The number of guanidine groups is 1. The molecule has 1 aliphatic carbocycles. The number of alkyl halides is 3. The minimum absolute atomic E-state index is 0.0569. The maximum atomic E-state index is 13.0. The highest BCUT2D eigenvalue weighted by Gasteiger charge is 2.36. The summed E-state index contributed by atoms with van der Waals surface area (Å²) in [6, 6.07) is 3.35. The highest BCUT2D eigenvalue weighted by molar-refractivity contribution is 7.90. The van der Waals surface area contributed by atoms with Crippen molar-refractivity contribution in [3.8, 4) is 0 Å². The van der Waals surface area contributed by atoms with Gasteiger partial charge >= 0.3 is 6.18 Å². The number of hydrogen-bond donors (Lipinski definition) is 2. The van der Waals surface area contributed by atoms with Crippen molar-refractivity contribution >= 4 is 15.8 Å². The van der Waals surface area contributed by atoms with Crippen LogP contribution in [0.3, 0.4) is 0 Å². The van der Waals surface area contributed by atoms with E-state index in [1.165, 1.54) is 6.07 Å². The van der Waals surface area contributed by atoms with Crippen LogP contribution in [0.25, 0.3) is 0 Å². The number of nitrogens with one attached hydrogen (secondary N) is 1. The van der Waals surface area contributed by atoms with Crippen molar-refractivity contribution in [3.05, 3.63) is 29.3 Å². The number of halogens is 3. The molecule has 0 radical (unpaired) electrons. The molecule has 1 aromatic rings. The molecule has 1 saturated carbocycles. The van der Waals surface area contributed by atoms with E-state index >= 15 is 0 Å². The van der Waals surface area contributed by atoms with Crippen LogP contribution in [0.4, 0.5) is 13.2 Å². The Morgan fingerprint density at radius 2 is 2.05 bits per heavy atom. The lowest BCUT2D eigenvalue weighted by Crippen LogP contribution is -2.33. The number of nitrogens with two attached hydrogens (primary N) is 1. The first-order valence-corrected chi connectivity index (χ1v) is 8.43. The van der Waals surface area contributed by atoms with E-state index in [0.29, 0.717) is 6.04 Å². The third kappa shape index (κ3) is 4.36. The Labute approximate surface area is 126 Å². The van der Waals surface area contributed by atoms with Crippen LogP contribution in [0.15, 0.2) is 28.1 Å². The molecule has 2 rings (SSSR count). The van der Waals surface area contributed by atoms with E-state index in [4.69, 9.17) is 5.73 Å². The predicted molar refractivity (Wildman–Crippen MR) is 76.0 cm³/mol. The first kappa shape index (κ1) is 16.6. The summed E-state index contributed by atoms with van der Waals surface area (Å²) in [4.78, 5) is 3.22. The van der Waals surface area contributed by atoms with Crippen LogP contribution in [-0.4, -0.2) is 26.7 Å². The average Bonchev–Trinajstić information content (AvgIpc) is 3.18. The molecule has 122 valence electrons. The Kier molecular flexibility index (Phi) is 4.37. The van der Waals surface area contributed by atoms with Gasteiger partial charge in [-0.1, -0.05) is 6.07 Å². The van der Waals surface area contributed by atoms with Crippen LogP contribution in [0.2, 0.25) is 0 Å². The van der Waals surface area contributed by atoms with Gasteiger partial charge in [0.2, 0.25) is 0 Å². The second-order valence-corrected chi connectivity index (χ2v) is 7.20. The van der Waals surface area contributed by atoms with E-state index < -0.39 is 26.5 Å². The fraction of sp³-hybridized carbons (Fsp3) is 0.462. The Balaban J connectivity index is 2.26. The van der Waals surface area contributed by atoms with Gasteiger partial charge in [0.05, 0.1) is 17.0 Å². The molecular formula is C13H16F3N3O2S. The normalized spacial score (nSPS) is 16.6. The standard InChI is InChI=1S/C13H16F3N3O2S/c1-22(20,21)11-5-2-8(6-10(11)13(14,15)16)7-18-12(17)19-9-3-4-9/h2,5-6,9H,3-4,7H2,1H3,(H3,17,18,19). The van der Waals surface area contributed by atoms with Gasteiger partial charge in [0.25, 0.3) is 0 Å². The molecule has 5 nitrogen and oxygen atoms in total. The highest BCUT2D eigenvalue weighted by atomic mass is 32.2. The zero-order valence-electron chi connectivity index (χ0n) is 11.8. The lowest BCUT2D eigenvalue weighted by molar-refractivity contribution is -0.139. The molecule has 0 amide bonds. The molecule has 1 aromatic carbocycles. The number of sulfone groups is 1. The molecule has 0 spiro atoms. The molecule has 9 heteroatoms. The summed E-state index contributed by atoms with van der Waals surface area (Å²) >= 11 is 0. The third-order valence-corrected chi connectivity index (χ3v) is 4.27. The monoisotopic (exact) mass is 335 g/mol. The van der Waals surface area contributed by atoms with Gasteiger partial charge in [0.15, 0.2) is 15.8 Å². The molecule has 22 heavy (non-hydrogen) atoms. The number of nitrogens with zero attached hydrogens (tertiary/aromatic N) is 1. The molecule has 0 bridgehead atoms. The summed E-state index contributed by atoms with van der Waals surface area (Å²) in [5.74, 6) is 0.170. The van der Waals surface area contributed by atoms with E-state index in [9.17, 15) is 21.6 Å². The van der Waals surface area contributed by atoms with Gasteiger partial charge in [-0.05, 0) is 30.5 Å². The minimum Gasteiger partial charge on any atom is -0.370 e. The summed E-state index contributed by atoms with van der Waals surface area (Å²) in [7, 11) is -3.97. The predicted octanol–water partition coefficient (Wildman–Crippen LogP) is 1.68. The van der Waals surface area contributed by atoms with E-state index in [2.05, 4.69) is 10.3 Å². The molecule has 0 unspecified atom stereocenters. The molecule has 0 heterocycles. The smallest absolute Gasteiger partial charge is 0.370 e. The summed E-state index contributed by atoms with van der Waals surface area (Å²) in [5.41, 5.74) is 4.66. The zero-order chi connectivity index (χ0) is 16.5.